The third kappa shape index (κ3) is 3.17. The van der Waals surface area contributed by atoms with E-state index in [1.54, 1.807) is 11.8 Å². The van der Waals surface area contributed by atoms with Crippen LogP contribution in [0, 0.1) is 12.8 Å². The lowest BCUT2D eigenvalue weighted by Crippen LogP contribution is -2.12. The van der Waals surface area contributed by atoms with Crippen molar-refractivity contribution < 1.29 is 0 Å². The number of hydrogen-bond donors (Lipinski definition) is 1. The molecule has 0 saturated heterocycles. The van der Waals surface area contributed by atoms with Crippen LogP contribution in [0.1, 0.15) is 19.4 Å². The standard InChI is InChI=1S/C13H17ClN2S/c1-8(2)12-7-17-13(16-12)15-11-6-10(14)5-4-9(11)3/h4-6,8,12H,7H2,1-3H3,(H,15,16)/t12-/m1/s1. The van der Waals surface area contributed by atoms with E-state index >= 15 is 0 Å². The van der Waals surface area contributed by atoms with Gasteiger partial charge in [0.25, 0.3) is 0 Å². The third-order valence-electron chi connectivity index (χ3n) is 2.88. The first kappa shape index (κ1) is 12.8. The lowest BCUT2D eigenvalue weighted by Gasteiger charge is -2.09. The summed E-state index contributed by atoms with van der Waals surface area (Å²) >= 11 is 7.78. The number of rotatable bonds is 2. The van der Waals surface area contributed by atoms with Gasteiger partial charge in [-0.05, 0) is 30.5 Å². The number of hydrogen-bond acceptors (Lipinski definition) is 3. The first-order valence-corrected chi connectivity index (χ1v) is 7.16. The highest BCUT2D eigenvalue weighted by atomic mass is 35.5. The van der Waals surface area contributed by atoms with Crippen LogP contribution in [0.25, 0.3) is 0 Å². The van der Waals surface area contributed by atoms with Crippen LogP contribution in [0.15, 0.2) is 23.2 Å². The summed E-state index contributed by atoms with van der Waals surface area (Å²) in [5, 5.41) is 5.12. The maximum absolute atomic E-state index is 5.99. The third-order valence-corrected chi connectivity index (χ3v) is 4.11. The van der Waals surface area contributed by atoms with E-state index in [1.165, 1.54) is 5.56 Å². The highest BCUT2D eigenvalue weighted by Crippen LogP contribution is 2.26. The molecule has 0 fully saturated rings. The van der Waals surface area contributed by atoms with Crippen LogP contribution in [0.5, 0.6) is 0 Å². The molecule has 1 aliphatic heterocycles. The molecule has 0 bridgehead atoms. The van der Waals surface area contributed by atoms with E-state index < -0.39 is 0 Å². The molecule has 1 aliphatic rings. The number of halogens is 1. The molecular formula is C13H17ClN2S. The van der Waals surface area contributed by atoms with Crippen molar-refractivity contribution >= 4 is 34.2 Å². The highest BCUT2D eigenvalue weighted by Gasteiger charge is 2.21. The fraction of sp³-hybridized carbons (Fsp3) is 0.462. The number of anilines is 1. The fourth-order valence-corrected chi connectivity index (χ4v) is 3.00. The SMILES string of the molecule is Cc1ccc(Cl)cc1NC1=N[C@@H](C(C)C)CS1. The van der Waals surface area contributed by atoms with Gasteiger partial charge in [0, 0.05) is 16.5 Å². The molecule has 2 rings (SSSR count). The maximum Gasteiger partial charge on any atom is 0.161 e. The van der Waals surface area contributed by atoms with E-state index in [0.717, 1.165) is 21.6 Å². The first-order valence-electron chi connectivity index (χ1n) is 5.80. The Kier molecular flexibility index (Phi) is 4.00. The molecule has 1 atom stereocenters. The molecule has 0 unspecified atom stereocenters. The average Bonchev–Trinajstić information content (AvgIpc) is 2.72. The number of amidine groups is 1. The number of aryl methyl sites for hydroxylation is 1. The zero-order valence-electron chi connectivity index (χ0n) is 10.3. The number of thioether (sulfide) groups is 1. The van der Waals surface area contributed by atoms with Crippen molar-refractivity contribution in [2.24, 2.45) is 10.9 Å². The number of nitrogens with one attached hydrogen (secondary N) is 1. The van der Waals surface area contributed by atoms with Crippen molar-refractivity contribution in [3.63, 3.8) is 0 Å². The summed E-state index contributed by atoms with van der Waals surface area (Å²) in [6.07, 6.45) is 0. The highest BCUT2D eigenvalue weighted by molar-refractivity contribution is 8.14. The predicted molar refractivity (Wildman–Crippen MR) is 78.3 cm³/mol. The van der Waals surface area contributed by atoms with E-state index in [0.29, 0.717) is 12.0 Å². The molecule has 0 amide bonds. The number of benzene rings is 1. The molecule has 0 aliphatic carbocycles. The van der Waals surface area contributed by atoms with E-state index in [9.17, 15) is 0 Å². The van der Waals surface area contributed by atoms with Gasteiger partial charge in [0.2, 0.25) is 0 Å². The largest absolute Gasteiger partial charge is 0.335 e. The summed E-state index contributed by atoms with van der Waals surface area (Å²) in [5.41, 5.74) is 2.24. The van der Waals surface area contributed by atoms with Gasteiger partial charge in [-0.2, -0.15) is 0 Å². The lowest BCUT2D eigenvalue weighted by atomic mass is 10.1. The summed E-state index contributed by atoms with van der Waals surface area (Å²) in [6, 6.07) is 6.30. The molecule has 0 aromatic heterocycles. The Morgan fingerprint density at radius 2 is 2.24 bits per heavy atom. The van der Waals surface area contributed by atoms with Gasteiger partial charge in [-0.25, -0.2) is 0 Å². The second-order valence-corrected chi connectivity index (χ2v) is 6.09. The zero-order valence-corrected chi connectivity index (χ0v) is 11.9. The van der Waals surface area contributed by atoms with E-state index in [-0.39, 0.29) is 0 Å². The van der Waals surface area contributed by atoms with Crippen LogP contribution >= 0.6 is 23.4 Å². The monoisotopic (exact) mass is 268 g/mol. The van der Waals surface area contributed by atoms with E-state index in [2.05, 4.69) is 31.1 Å². The van der Waals surface area contributed by atoms with Crippen molar-refractivity contribution in [2.45, 2.75) is 26.8 Å². The summed E-state index contributed by atoms with van der Waals surface area (Å²) in [5.74, 6) is 1.67. The van der Waals surface area contributed by atoms with Gasteiger partial charge in [0.05, 0.1) is 6.04 Å². The van der Waals surface area contributed by atoms with Crippen molar-refractivity contribution in [3.05, 3.63) is 28.8 Å². The lowest BCUT2D eigenvalue weighted by molar-refractivity contribution is 0.543. The summed E-state index contributed by atoms with van der Waals surface area (Å²) < 4.78 is 0. The predicted octanol–water partition coefficient (Wildman–Crippen LogP) is 4.19. The second kappa shape index (κ2) is 5.32. The Morgan fingerprint density at radius 3 is 2.88 bits per heavy atom. The van der Waals surface area contributed by atoms with E-state index in [4.69, 9.17) is 11.6 Å². The quantitative estimate of drug-likeness (QED) is 0.870. The van der Waals surface area contributed by atoms with Crippen LogP contribution in [0.4, 0.5) is 5.69 Å². The Morgan fingerprint density at radius 1 is 1.47 bits per heavy atom. The van der Waals surface area contributed by atoms with Crippen molar-refractivity contribution in [2.75, 3.05) is 11.1 Å². The van der Waals surface area contributed by atoms with Gasteiger partial charge >= 0.3 is 0 Å². The van der Waals surface area contributed by atoms with Crippen LogP contribution in [0.3, 0.4) is 0 Å². The van der Waals surface area contributed by atoms with Crippen LogP contribution in [0.2, 0.25) is 5.02 Å². The molecule has 92 valence electrons. The van der Waals surface area contributed by atoms with Crippen LogP contribution in [-0.2, 0) is 0 Å². The van der Waals surface area contributed by atoms with Gasteiger partial charge in [-0.3, -0.25) is 4.99 Å². The Labute approximate surface area is 112 Å². The summed E-state index contributed by atoms with van der Waals surface area (Å²) in [4.78, 5) is 4.68. The van der Waals surface area contributed by atoms with Crippen molar-refractivity contribution in [1.82, 2.24) is 0 Å². The molecule has 1 N–H and O–H groups in total. The Bertz CT molecular complexity index is 443. The summed E-state index contributed by atoms with van der Waals surface area (Å²) in [7, 11) is 0. The zero-order chi connectivity index (χ0) is 12.4. The average molecular weight is 269 g/mol. The number of aliphatic imine (C=N–C) groups is 1. The van der Waals surface area contributed by atoms with Gasteiger partial charge < -0.3 is 5.32 Å². The molecular weight excluding hydrogens is 252 g/mol. The van der Waals surface area contributed by atoms with Crippen LogP contribution in [-0.4, -0.2) is 17.0 Å². The minimum absolute atomic E-state index is 0.432. The molecule has 0 radical (unpaired) electrons. The molecule has 0 saturated carbocycles. The van der Waals surface area contributed by atoms with Gasteiger partial charge in [-0.15, -0.1) is 0 Å². The Hall–Kier alpha value is -0.670. The van der Waals surface area contributed by atoms with Gasteiger partial charge in [0.15, 0.2) is 5.17 Å². The second-order valence-electron chi connectivity index (χ2n) is 4.64. The minimum Gasteiger partial charge on any atom is -0.335 e. The van der Waals surface area contributed by atoms with Gasteiger partial charge in [0.1, 0.15) is 0 Å². The molecule has 1 heterocycles. The molecule has 1 aromatic carbocycles. The van der Waals surface area contributed by atoms with E-state index in [1.807, 2.05) is 18.2 Å². The molecule has 4 heteroatoms. The Balaban J connectivity index is 2.11. The minimum atomic E-state index is 0.432. The molecule has 0 spiro atoms. The fourth-order valence-electron chi connectivity index (χ4n) is 1.64. The summed E-state index contributed by atoms with van der Waals surface area (Å²) in [6.45, 7) is 6.49. The molecule has 17 heavy (non-hydrogen) atoms. The molecule has 2 nitrogen and oxygen atoms in total. The molecule has 1 aromatic rings. The maximum atomic E-state index is 5.99. The smallest absolute Gasteiger partial charge is 0.161 e. The van der Waals surface area contributed by atoms with Gasteiger partial charge in [-0.1, -0.05) is 43.3 Å². The van der Waals surface area contributed by atoms with Crippen molar-refractivity contribution in [1.29, 1.82) is 0 Å². The normalized spacial score (nSPS) is 19.6. The first-order chi connectivity index (χ1) is 8.06. The van der Waals surface area contributed by atoms with Crippen LogP contribution < -0.4 is 5.32 Å². The number of nitrogens with zero attached hydrogens (tertiary/aromatic N) is 1. The van der Waals surface area contributed by atoms with Crippen molar-refractivity contribution in [3.8, 4) is 0 Å². The topological polar surface area (TPSA) is 24.4 Å².